The van der Waals surface area contributed by atoms with Gasteiger partial charge in [0.2, 0.25) is 0 Å². The van der Waals surface area contributed by atoms with E-state index in [2.05, 4.69) is 10.3 Å². The summed E-state index contributed by atoms with van der Waals surface area (Å²) in [6, 6.07) is 13.0. The predicted molar refractivity (Wildman–Crippen MR) is 87.8 cm³/mol. The molecule has 116 valence electrons. The minimum absolute atomic E-state index is 0.166. The van der Waals surface area contributed by atoms with Crippen LogP contribution in [0.15, 0.2) is 55.0 Å². The summed E-state index contributed by atoms with van der Waals surface area (Å²) in [4.78, 5) is 16.5. The second-order valence-corrected chi connectivity index (χ2v) is 5.83. The Morgan fingerprint density at radius 1 is 1.22 bits per heavy atom. The molecule has 23 heavy (non-hydrogen) atoms. The Bertz CT molecular complexity index is 835. The van der Waals surface area contributed by atoms with Gasteiger partial charge in [-0.1, -0.05) is 6.07 Å². The molecular weight excluding hydrogens is 290 g/mol. The highest BCUT2D eigenvalue weighted by Gasteiger charge is 2.21. The first kappa shape index (κ1) is 13.8. The fourth-order valence-electron chi connectivity index (χ4n) is 2.46. The smallest absolute Gasteiger partial charge is 0.272 e. The summed E-state index contributed by atoms with van der Waals surface area (Å²) in [7, 11) is 0. The van der Waals surface area contributed by atoms with Crippen LogP contribution in [0.2, 0.25) is 0 Å². The molecule has 0 unspecified atom stereocenters. The molecular formula is C18H17N3O2. The molecule has 2 heterocycles. The molecule has 5 heteroatoms. The number of benzene rings is 1. The first-order valence-corrected chi connectivity index (χ1v) is 7.75. The lowest BCUT2D eigenvalue weighted by Gasteiger charge is -2.09. The van der Waals surface area contributed by atoms with Crippen LogP contribution in [0.1, 0.15) is 23.3 Å². The summed E-state index contributed by atoms with van der Waals surface area (Å²) in [6.07, 6.45) is 5.91. The summed E-state index contributed by atoms with van der Waals surface area (Å²) in [5.41, 5.74) is 2.18. The predicted octanol–water partition coefficient (Wildman–Crippen LogP) is 3.38. The van der Waals surface area contributed by atoms with Crippen LogP contribution in [0.4, 0.5) is 5.69 Å². The first-order chi connectivity index (χ1) is 11.3. The summed E-state index contributed by atoms with van der Waals surface area (Å²) in [5, 5.41) is 2.90. The van der Waals surface area contributed by atoms with E-state index in [4.69, 9.17) is 4.74 Å². The van der Waals surface area contributed by atoms with E-state index in [-0.39, 0.29) is 5.91 Å². The normalized spacial score (nSPS) is 13.9. The van der Waals surface area contributed by atoms with Gasteiger partial charge in [-0.05, 0) is 55.2 Å². The number of pyridine rings is 1. The molecule has 5 nitrogen and oxygen atoms in total. The Kier molecular flexibility index (Phi) is 3.46. The van der Waals surface area contributed by atoms with Crippen molar-refractivity contribution in [1.29, 1.82) is 0 Å². The number of nitrogens with zero attached hydrogens (tertiary/aromatic N) is 2. The average Bonchev–Trinajstić information content (AvgIpc) is 3.28. The van der Waals surface area contributed by atoms with Gasteiger partial charge in [0.05, 0.1) is 24.6 Å². The molecule has 4 rings (SSSR count). The molecule has 0 aliphatic heterocycles. The van der Waals surface area contributed by atoms with E-state index in [9.17, 15) is 4.79 Å². The summed E-state index contributed by atoms with van der Waals surface area (Å²) in [6.45, 7) is 0.786. The maximum atomic E-state index is 12.4. The molecule has 3 aromatic rings. The van der Waals surface area contributed by atoms with Crippen LogP contribution in [0.5, 0.6) is 5.75 Å². The van der Waals surface area contributed by atoms with Crippen molar-refractivity contribution in [2.24, 2.45) is 5.92 Å². The van der Waals surface area contributed by atoms with Gasteiger partial charge in [0.25, 0.3) is 5.91 Å². The van der Waals surface area contributed by atoms with Gasteiger partial charge in [0.15, 0.2) is 0 Å². The number of aromatic nitrogens is 2. The van der Waals surface area contributed by atoms with E-state index < -0.39 is 0 Å². The fourth-order valence-corrected chi connectivity index (χ4v) is 2.46. The quantitative estimate of drug-likeness (QED) is 0.786. The summed E-state index contributed by atoms with van der Waals surface area (Å²) < 4.78 is 7.46. The third-order valence-corrected chi connectivity index (χ3v) is 3.98. The van der Waals surface area contributed by atoms with Crippen LogP contribution in [-0.4, -0.2) is 21.9 Å². The zero-order chi connectivity index (χ0) is 15.6. The van der Waals surface area contributed by atoms with E-state index in [0.29, 0.717) is 5.69 Å². The molecule has 0 bridgehead atoms. The number of hydrogen-bond donors (Lipinski definition) is 1. The van der Waals surface area contributed by atoms with Crippen LogP contribution >= 0.6 is 0 Å². The van der Waals surface area contributed by atoms with Gasteiger partial charge in [-0.25, -0.2) is 4.98 Å². The van der Waals surface area contributed by atoms with Crippen LogP contribution in [0.25, 0.3) is 5.52 Å². The maximum absolute atomic E-state index is 12.4. The van der Waals surface area contributed by atoms with Gasteiger partial charge >= 0.3 is 0 Å². The Labute approximate surface area is 133 Å². The highest BCUT2D eigenvalue weighted by Crippen LogP contribution is 2.29. The molecule has 1 aliphatic rings. The van der Waals surface area contributed by atoms with Crippen molar-refractivity contribution in [1.82, 2.24) is 9.38 Å². The Morgan fingerprint density at radius 2 is 2.04 bits per heavy atom. The molecule has 0 spiro atoms. The zero-order valence-electron chi connectivity index (χ0n) is 12.6. The van der Waals surface area contributed by atoms with E-state index in [1.54, 1.807) is 23.0 Å². The number of imidazole rings is 1. The van der Waals surface area contributed by atoms with Crippen LogP contribution in [-0.2, 0) is 0 Å². The van der Waals surface area contributed by atoms with Crippen LogP contribution in [0, 0.1) is 5.92 Å². The lowest BCUT2D eigenvalue weighted by Crippen LogP contribution is -2.15. The number of nitrogens with one attached hydrogen (secondary N) is 1. The number of carbonyl (C=O) groups is 1. The van der Waals surface area contributed by atoms with Gasteiger partial charge in [-0.2, -0.15) is 0 Å². The fraction of sp³-hybridized carbons (Fsp3) is 0.222. The number of amides is 1. The number of ether oxygens (including phenoxy) is 1. The minimum Gasteiger partial charge on any atom is -0.493 e. The van der Waals surface area contributed by atoms with E-state index in [1.807, 2.05) is 36.4 Å². The Balaban J connectivity index is 1.46. The third kappa shape index (κ3) is 3.04. The standard InChI is InChI=1S/C18H17N3O2/c22-18(17-3-1-2-15-10-19-12-21(15)17)20-14-6-8-16(9-7-14)23-11-13-4-5-13/h1-3,6-10,12-13H,4-5,11H2,(H,20,22). The van der Waals surface area contributed by atoms with Crippen molar-refractivity contribution < 1.29 is 9.53 Å². The zero-order valence-corrected chi connectivity index (χ0v) is 12.6. The number of hydrogen-bond acceptors (Lipinski definition) is 3. The topological polar surface area (TPSA) is 55.6 Å². The van der Waals surface area contributed by atoms with Crippen molar-refractivity contribution in [3.63, 3.8) is 0 Å². The number of fused-ring (bicyclic) bond motifs is 1. The average molecular weight is 307 g/mol. The summed E-state index contributed by atoms with van der Waals surface area (Å²) in [5.74, 6) is 1.40. The van der Waals surface area contributed by atoms with Gasteiger partial charge in [0.1, 0.15) is 11.4 Å². The van der Waals surface area contributed by atoms with Crippen molar-refractivity contribution >= 4 is 17.1 Å². The highest BCUT2D eigenvalue weighted by atomic mass is 16.5. The number of anilines is 1. The monoisotopic (exact) mass is 307 g/mol. The van der Waals surface area contributed by atoms with Gasteiger partial charge in [0, 0.05) is 5.69 Å². The van der Waals surface area contributed by atoms with Gasteiger partial charge < -0.3 is 10.1 Å². The molecule has 1 aliphatic carbocycles. The summed E-state index contributed by atoms with van der Waals surface area (Å²) >= 11 is 0. The number of carbonyl (C=O) groups excluding carboxylic acids is 1. The van der Waals surface area contributed by atoms with Crippen molar-refractivity contribution in [2.45, 2.75) is 12.8 Å². The van der Waals surface area contributed by atoms with Crippen molar-refractivity contribution in [3.05, 3.63) is 60.7 Å². The molecule has 1 amide bonds. The Morgan fingerprint density at radius 3 is 2.83 bits per heavy atom. The molecule has 1 aromatic carbocycles. The second kappa shape index (κ2) is 5.76. The number of rotatable bonds is 5. The van der Waals surface area contributed by atoms with E-state index in [0.717, 1.165) is 29.5 Å². The molecule has 1 fully saturated rings. The largest absolute Gasteiger partial charge is 0.493 e. The molecule has 1 N–H and O–H groups in total. The van der Waals surface area contributed by atoms with Crippen LogP contribution < -0.4 is 10.1 Å². The van der Waals surface area contributed by atoms with E-state index >= 15 is 0 Å². The molecule has 2 aromatic heterocycles. The molecule has 0 atom stereocenters. The molecule has 0 radical (unpaired) electrons. The Hall–Kier alpha value is -2.82. The molecule has 0 saturated heterocycles. The van der Waals surface area contributed by atoms with Crippen LogP contribution in [0.3, 0.4) is 0 Å². The molecule has 1 saturated carbocycles. The highest BCUT2D eigenvalue weighted by molar-refractivity contribution is 6.03. The first-order valence-electron chi connectivity index (χ1n) is 7.75. The van der Waals surface area contributed by atoms with Gasteiger partial charge in [-0.15, -0.1) is 0 Å². The third-order valence-electron chi connectivity index (χ3n) is 3.98. The van der Waals surface area contributed by atoms with Crippen molar-refractivity contribution in [3.8, 4) is 5.75 Å². The van der Waals surface area contributed by atoms with E-state index in [1.165, 1.54) is 12.8 Å². The maximum Gasteiger partial charge on any atom is 0.272 e. The SMILES string of the molecule is O=C(Nc1ccc(OCC2CC2)cc1)c1cccc2cncn12. The lowest BCUT2D eigenvalue weighted by molar-refractivity contribution is 0.102. The lowest BCUT2D eigenvalue weighted by atomic mass is 10.2. The minimum atomic E-state index is -0.166. The second-order valence-electron chi connectivity index (χ2n) is 5.83. The van der Waals surface area contributed by atoms with Gasteiger partial charge in [-0.3, -0.25) is 9.20 Å². The van der Waals surface area contributed by atoms with Crippen molar-refractivity contribution in [2.75, 3.05) is 11.9 Å².